The number of nitrogens with one attached hydrogen (secondary N) is 3. The minimum atomic E-state index is -0.497. The van der Waals surface area contributed by atoms with Gasteiger partial charge in [-0.1, -0.05) is 56.7 Å². The highest BCUT2D eigenvalue weighted by molar-refractivity contribution is 6.08. The summed E-state index contributed by atoms with van der Waals surface area (Å²) < 4.78 is 1.54. The molecule has 0 aliphatic carbocycles. The number of rotatable bonds is 6. The summed E-state index contributed by atoms with van der Waals surface area (Å²) in [6.07, 6.45) is 3.59. The van der Waals surface area contributed by atoms with E-state index in [9.17, 15) is 14.4 Å². The zero-order valence-corrected chi connectivity index (χ0v) is 22.8. The van der Waals surface area contributed by atoms with Gasteiger partial charge in [-0.25, -0.2) is 4.79 Å². The van der Waals surface area contributed by atoms with Crippen molar-refractivity contribution in [3.05, 3.63) is 106 Å². The highest BCUT2D eigenvalue weighted by Crippen LogP contribution is 2.24. The number of aromatic nitrogens is 1. The Kier molecular flexibility index (Phi) is 9.02. The second kappa shape index (κ2) is 12.2. The molecule has 0 aliphatic heterocycles. The summed E-state index contributed by atoms with van der Waals surface area (Å²) in [4.78, 5) is 42.5. The van der Waals surface area contributed by atoms with E-state index in [1.165, 1.54) is 4.57 Å². The molecule has 8 heteroatoms. The molecule has 8 nitrogen and oxygen atoms in total. The number of urea groups is 1. The summed E-state index contributed by atoms with van der Waals surface area (Å²) in [6, 6.07) is 17.4. The number of carbonyl (C=O) groups is 2. The number of nitrogens with zero attached hydrogens (tertiary/aromatic N) is 2. The minimum absolute atomic E-state index is 0.0399. The Labute approximate surface area is 223 Å². The standard InChI is InChI=1S/C30H35N5O3/c1-20-16-25(28(37)35(18-20)19-22-10-8-7-9-11-22)27(36)32-23-12-14-24(15-13-23)33-29(38)34-26(31-6)17-21(2)30(3,4)5/h7-18H,19H2,1-6H3,(H,32,36)(H2,31,33,34,38)/b21-17+. The summed E-state index contributed by atoms with van der Waals surface area (Å²) in [5.41, 5.74) is 3.55. The van der Waals surface area contributed by atoms with Gasteiger partial charge in [-0.15, -0.1) is 0 Å². The fourth-order valence-corrected chi connectivity index (χ4v) is 3.54. The molecule has 0 bridgehead atoms. The lowest BCUT2D eigenvalue weighted by Crippen LogP contribution is -2.33. The molecular formula is C30H35N5O3. The van der Waals surface area contributed by atoms with Crippen LogP contribution >= 0.6 is 0 Å². The molecule has 0 aliphatic rings. The number of anilines is 2. The van der Waals surface area contributed by atoms with Crippen LogP contribution < -0.4 is 21.5 Å². The van der Waals surface area contributed by atoms with Crippen LogP contribution in [0.5, 0.6) is 0 Å². The van der Waals surface area contributed by atoms with E-state index in [4.69, 9.17) is 0 Å². The molecule has 0 radical (unpaired) electrons. The van der Waals surface area contributed by atoms with E-state index in [0.717, 1.165) is 16.7 Å². The van der Waals surface area contributed by atoms with Gasteiger partial charge in [0, 0.05) is 24.6 Å². The first kappa shape index (κ1) is 28.1. The highest BCUT2D eigenvalue weighted by Gasteiger charge is 2.16. The van der Waals surface area contributed by atoms with E-state index in [0.29, 0.717) is 23.8 Å². The lowest BCUT2D eigenvalue weighted by atomic mass is 9.87. The molecular weight excluding hydrogens is 478 g/mol. The molecule has 2 aromatic carbocycles. The van der Waals surface area contributed by atoms with Crippen molar-refractivity contribution in [1.29, 1.82) is 0 Å². The lowest BCUT2D eigenvalue weighted by molar-refractivity contribution is 0.102. The number of benzene rings is 2. The number of hydrogen-bond donors (Lipinski definition) is 3. The van der Waals surface area contributed by atoms with E-state index < -0.39 is 11.9 Å². The van der Waals surface area contributed by atoms with Gasteiger partial charge in [0.2, 0.25) is 0 Å². The van der Waals surface area contributed by atoms with Crippen LogP contribution in [0.2, 0.25) is 0 Å². The average molecular weight is 514 g/mol. The fraction of sp³-hybridized carbons (Fsp3) is 0.267. The second-order valence-electron chi connectivity index (χ2n) is 10.1. The minimum Gasteiger partial charge on any atom is -0.322 e. The molecule has 0 atom stereocenters. The fourth-order valence-electron chi connectivity index (χ4n) is 3.54. The Morgan fingerprint density at radius 1 is 0.974 bits per heavy atom. The number of carbonyl (C=O) groups excluding carboxylic acids is 2. The normalized spacial score (nSPS) is 12.2. The molecule has 0 saturated carbocycles. The molecule has 1 heterocycles. The van der Waals surface area contributed by atoms with Crippen LogP contribution in [0.25, 0.3) is 0 Å². The van der Waals surface area contributed by atoms with E-state index in [1.807, 2.05) is 50.3 Å². The maximum Gasteiger partial charge on any atom is 0.324 e. The van der Waals surface area contributed by atoms with Crippen LogP contribution in [-0.4, -0.2) is 29.4 Å². The van der Waals surface area contributed by atoms with Crippen molar-refractivity contribution < 1.29 is 9.59 Å². The number of aryl methyl sites for hydroxylation is 1. The second-order valence-corrected chi connectivity index (χ2v) is 10.1. The Bertz CT molecular complexity index is 1410. The Morgan fingerprint density at radius 2 is 1.58 bits per heavy atom. The van der Waals surface area contributed by atoms with Crippen LogP contribution in [0.4, 0.5) is 16.2 Å². The van der Waals surface area contributed by atoms with Crippen LogP contribution in [0.15, 0.2) is 88.3 Å². The van der Waals surface area contributed by atoms with Gasteiger partial charge in [0.1, 0.15) is 11.4 Å². The molecule has 0 unspecified atom stereocenters. The number of allylic oxidation sites excluding steroid dienone is 1. The van der Waals surface area contributed by atoms with Crippen molar-refractivity contribution in [3.63, 3.8) is 0 Å². The monoisotopic (exact) mass is 513 g/mol. The average Bonchev–Trinajstić information content (AvgIpc) is 2.86. The van der Waals surface area contributed by atoms with Gasteiger partial charge in [-0.05, 0) is 66.8 Å². The largest absolute Gasteiger partial charge is 0.324 e. The number of hydrogen-bond acceptors (Lipinski definition) is 4. The van der Waals surface area contributed by atoms with Crippen molar-refractivity contribution in [2.75, 3.05) is 17.7 Å². The molecule has 38 heavy (non-hydrogen) atoms. The van der Waals surface area contributed by atoms with Gasteiger partial charge in [-0.2, -0.15) is 0 Å². The number of pyridine rings is 1. The van der Waals surface area contributed by atoms with Crippen LogP contribution in [0.1, 0.15) is 49.2 Å². The van der Waals surface area contributed by atoms with Gasteiger partial charge < -0.3 is 15.2 Å². The maximum absolute atomic E-state index is 13.0. The first-order valence-corrected chi connectivity index (χ1v) is 12.4. The van der Waals surface area contributed by atoms with Crippen molar-refractivity contribution in [2.45, 2.75) is 41.2 Å². The summed E-state index contributed by atoms with van der Waals surface area (Å²) in [6.45, 7) is 10.5. The topological polar surface area (TPSA) is 105 Å². The van der Waals surface area contributed by atoms with Crippen LogP contribution in [0.3, 0.4) is 0 Å². The summed E-state index contributed by atoms with van der Waals surface area (Å²) in [5.74, 6) is -0.0429. The zero-order chi connectivity index (χ0) is 27.9. The predicted octanol–water partition coefficient (Wildman–Crippen LogP) is 5.60. The third-order valence-electron chi connectivity index (χ3n) is 6.08. The van der Waals surface area contributed by atoms with Crippen LogP contribution in [0, 0.1) is 12.3 Å². The number of amidine groups is 1. The first-order valence-electron chi connectivity index (χ1n) is 12.4. The summed E-state index contributed by atoms with van der Waals surface area (Å²) >= 11 is 0. The third kappa shape index (κ3) is 7.77. The van der Waals surface area contributed by atoms with E-state index in [1.54, 1.807) is 43.6 Å². The maximum atomic E-state index is 13.0. The lowest BCUT2D eigenvalue weighted by Gasteiger charge is -2.20. The van der Waals surface area contributed by atoms with Gasteiger partial charge in [0.25, 0.3) is 11.5 Å². The smallest absolute Gasteiger partial charge is 0.322 e. The van der Waals surface area contributed by atoms with Crippen molar-refractivity contribution >= 4 is 29.1 Å². The van der Waals surface area contributed by atoms with Gasteiger partial charge in [0.05, 0.1) is 6.54 Å². The Hall–Kier alpha value is -4.46. The quantitative estimate of drug-likeness (QED) is 0.295. The number of aliphatic imine (C=N–C) groups is 1. The van der Waals surface area contributed by atoms with Crippen molar-refractivity contribution in [1.82, 2.24) is 9.88 Å². The van der Waals surface area contributed by atoms with E-state index >= 15 is 0 Å². The van der Waals surface area contributed by atoms with E-state index in [-0.39, 0.29) is 16.5 Å². The summed E-state index contributed by atoms with van der Waals surface area (Å²) in [5, 5.41) is 8.26. The molecule has 3 amide bonds. The van der Waals surface area contributed by atoms with E-state index in [2.05, 4.69) is 41.7 Å². The zero-order valence-electron chi connectivity index (χ0n) is 22.8. The first-order chi connectivity index (χ1) is 18.0. The molecule has 0 saturated heterocycles. The van der Waals surface area contributed by atoms with Crippen molar-refractivity contribution in [3.8, 4) is 0 Å². The molecule has 1 aromatic heterocycles. The van der Waals surface area contributed by atoms with Gasteiger partial charge >= 0.3 is 6.03 Å². The third-order valence-corrected chi connectivity index (χ3v) is 6.08. The van der Waals surface area contributed by atoms with Gasteiger partial charge in [0.15, 0.2) is 0 Å². The Balaban J connectivity index is 1.66. The molecule has 3 rings (SSSR count). The Morgan fingerprint density at radius 3 is 2.16 bits per heavy atom. The number of amides is 3. The molecule has 0 spiro atoms. The predicted molar refractivity (Wildman–Crippen MR) is 154 cm³/mol. The molecule has 3 N–H and O–H groups in total. The van der Waals surface area contributed by atoms with Gasteiger partial charge in [-0.3, -0.25) is 19.9 Å². The molecule has 3 aromatic rings. The molecule has 0 fully saturated rings. The SMILES string of the molecule is CN=C(/C=C(\C)C(C)(C)C)NC(=O)Nc1ccc(NC(=O)c2cc(C)cn(Cc3ccccc3)c2=O)cc1. The molecule has 198 valence electrons. The van der Waals surface area contributed by atoms with Crippen molar-refractivity contribution in [2.24, 2.45) is 10.4 Å². The summed E-state index contributed by atoms with van der Waals surface area (Å²) in [7, 11) is 1.62. The highest BCUT2D eigenvalue weighted by atomic mass is 16.2. The van der Waals surface area contributed by atoms with Crippen LogP contribution in [-0.2, 0) is 6.54 Å².